The maximum Gasteiger partial charge on any atom is 0.131 e. The highest BCUT2D eigenvalue weighted by Gasteiger charge is 2.24. The lowest BCUT2D eigenvalue weighted by Crippen LogP contribution is -2.24. The molecule has 0 bridgehead atoms. The van der Waals surface area contributed by atoms with Crippen molar-refractivity contribution in [2.45, 2.75) is 12.6 Å². The van der Waals surface area contributed by atoms with Crippen molar-refractivity contribution in [1.82, 2.24) is 14.7 Å². The Labute approximate surface area is 130 Å². The molecule has 0 saturated heterocycles. The van der Waals surface area contributed by atoms with Crippen LogP contribution in [0.5, 0.6) is 0 Å². The van der Waals surface area contributed by atoms with Crippen LogP contribution in [0.3, 0.4) is 0 Å². The highest BCUT2D eigenvalue weighted by Crippen LogP contribution is 2.29. The van der Waals surface area contributed by atoms with Gasteiger partial charge in [0, 0.05) is 12.1 Å². The van der Waals surface area contributed by atoms with Gasteiger partial charge in [-0.25, -0.2) is 8.78 Å². The van der Waals surface area contributed by atoms with Crippen molar-refractivity contribution in [1.29, 1.82) is 0 Å². The van der Waals surface area contributed by atoms with Gasteiger partial charge >= 0.3 is 0 Å². The smallest absolute Gasteiger partial charge is 0.131 e. The summed E-state index contributed by atoms with van der Waals surface area (Å²) in [5.41, 5.74) is 6.49. The minimum Gasteiger partial charge on any atom is -0.319 e. The van der Waals surface area contributed by atoms with Crippen LogP contribution >= 0.6 is 15.9 Å². The second-order valence-electron chi connectivity index (χ2n) is 5.02. The molecule has 0 fully saturated rings. The first-order valence-corrected chi connectivity index (χ1v) is 7.26. The minimum atomic E-state index is -0.926. The van der Waals surface area contributed by atoms with Crippen LogP contribution < -0.4 is 5.73 Å². The van der Waals surface area contributed by atoms with Gasteiger partial charge in [0.1, 0.15) is 11.6 Å². The summed E-state index contributed by atoms with van der Waals surface area (Å²) in [5.74, 6) is -1.32. The van der Waals surface area contributed by atoms with E-state index in [1.807, 2.05) is 19.0 Å². The molecule has 2 aromatic rings. The Morgan fingerprint density at radius 3 is 2.52 bits per heavy atom. The molecule has 0 aliphatic heterocycles. The first-order valence-electron chi connectivity index (χ1n) is 6.47. The van der Waals surface area contributed by atoms with E-state index >= 15 is 0 Å². The fraction of sp³-hybridized carbons (Fsp3) is 0.357. The number of rotatable bonds is 5. The fourth-order valence-electron chi connectivity index (χ4n) is 2.10. The largest absolute Gasteiger partial charge is 0.319 e. The van der Waals surface area contributed by atoms with Gasteiger partial charge in [-0.15, -0.1) is 0 Å². The van der Waals surface area contributed by atoms with E-state index in [0.717, 1.165) is 6.54 Å². The summed E-state index contributed by atoms with van der Waals surface area (Å²) >= 11 is 3.35. The van der Waals surface area contributed by atoms with Crippen LogP contribution in [-0.4, -0.2) is 35.3 Å². The third-order valence-corrected chi connectivity index (χ3v) is 3.81. The van der Waals surface area contributed by atoms with E-state index in [4.69, 9.17) is 5.73 Å². The van der Waals surface area contributed by atoms with E-state index in [1.54, 1.807) is 10.9 Å². The summed E-state index contributed by atoms with van der Waals surface area (Å²) in [6.45, 7) is 1.32. The van der Waals surface area contributed by atoms with Crippen LogP contribution in [0.15, 0.2) is 28.9 Å². The Kier molecular flexibility index (Phi) is 5.08. The second kappa shape index (κ2) is 6.64. The van der Waals surface area contributed by atoms with Crippen LogP contribution in [0.4, 0.5) is 8.78 Å². The van der Waals surface area contributed by atoms with E-state index in [2.05, 4.69) is 21.0 Å². The van der Waals surface area contributed by atoms with Gasteiger partial charge < -0.3 is 10.6 Å². The van der Waals surface area contributed by atoms with Crippen molar-refractivity contribution in [3.8, 4) is 0 Å². The Balaban J connectivity index is 2.39. The highest BCUT2D eigenvalue weighted by atomic mass is 79.9. The van der Waals surface area contributed by atoms with E-state index in [-0.39, 0.29) is 5.56 Å². The lowest BCUT2D eigenvalue weighted by atomic mass is 10.0. The first kappa shape index (κ1) is 16.1. The van der Waals surface area contributed by atoms with E-state index < -0.39 is 17.7 Å². The van der Waals surface area contributed by atoms with Gasteiger partial charge in [-0.2, -0.15) is 5.10 Å². The predicted molar refractivity (Wildman–Crippen MR) is 80.9 cm³/mol. The predicted octanol–water partition coefficient (Wildman–Crippen LogP) is 2.53. The number of hydrogen-bond donors (Lipinski definition) is 1. The fourth-order valence-corrected chi connectivity index (χ4v) is 2.64. The molecule has 2 rings (SSSR count). The number of likely N-dealkylation sites (N-methyl/N-ethyl adjacent to an activating group) is 1. The molecular weight excluding hydrogens is 342 g/mol. The quantitative estimate of drug-likeness (QED) is 0.893. The van der Waals surface area contributed by atoms with Crippen LogP contribution in [-0.2, 0) is 6.54 Å². The summed E-state index contributed by atoms with van der Waals surface area (Å²) in [6, 6.07) is 2.80. The highest BCUT2D eigenvalue weighted by molar-refractivity contribution is 9.10. The average Bonchev–Trinajstić information content (AvgIpc) is 2.77. The van der Waals surface area contributed by atoms with Crippen molar-refractivity contribution < 1.29 is 8.78 Å². The van der Waals surface area contributed by atoms with Crippen molar-refractivity contribution in [3.05, 3.63) is 51.8 Å². The molecule has 114 valence electrons. The number of nitrogens with zero attached hydrogens (tertiary/aromatic N) is 3. The molecule has 0 spiro atoms. The number of halogens is 3. The van der Waals surface area contributed by atoms with E-state index in [0.29, 0.717) is 16.7 Å². The number of benzene rings is 1. The van der Waals surface area contributed by atoms with Crippen LogP contribution in [0.2, 0.25) is 0 Å². The van der Waals surface area contributed by atoms with Crippen LogP contribution in [0.1, 0.15) is 17.3 Å². The SMILES string of the molecule is CN(C)CCn1ncc(Br)c1C(N)c1c(F)cccc1F. The molecule has 1 aromatic heterocycles. The van der Waals surface area contributed by atoms with Crippen LogP contribution in [0.25, 0.3) is 0 Å². The summed E-state index contributed by atoms with van der Waals surface area (Å²) in [6.07, 6.45) is 1.59. The number of hydrogen-bond acceptors (Lipinski definition) is 3. The zero-order chi connectivity index (χ0) is 15.6. The molecule has 0 radical (unpaired) electrons. The monoisotopic (exact) mass is 358 g/mol. The number of aromatic nitrogens is 2. The first-order chi connectivity index (χ1) is 9.91. The molecule has 21 heavy (non-hydrogen) atoms. The maximum absolute atomic E-state index is 13.9. The van der Waals surface area contributed by atoms with Crippen molar-refractivity contribution in [2.75, 3.05) is 20.6 Å². The minimum absolute atomic E-state index is 0.148. The molecule has 0 saturated carbocycles. The molecule has 1 aromatic carbocycles. The Bertz CT molecular complexity index is 607. The van der Waals surface area contributed by atoms with Gasteiger partial charge in [0.2, 0.25) is 0 Å². The molecule has 0 amide bonds. The van der Waals surface area contributed by atoms with Gasteiger partial charge in [0.25, 0.3) is 0 Å². The average molecular weight is 359 g/mol. The van der Waals surface area contributed by atoms with Gasteiger partial charge in [-0.1, -0.05) is 6.07 Å². The standard InChI is InChI=1S/C14H17BrF2N4/c1-20(2)6-7-21-14(9(15)8-19-21)13(18)12-10(16)4-3-5-11(12)17/h3-5,8,13H,6-7,18H2,1-2H3. The van der Waals surface area contributed by atoms with Crippen molar-refractivity contribution in [2.24, 2.45) is 5.73 Å². The summed E-state index contributed by atoms with van der Waals surface area (Å²) in [5, 5.41) is 4.21. The molecular formula is C14H17BrF2N4. The Morgan fingerprint density at radius 1 is 1.33 bits per heavy atom. The van der Waals surface area contributed by atoms with Gasteiger partial charge in [-0.3, -0.25) is 4.68 Å². The zero-order valence-electron chi connectivity index (χ0n) is 11.9. The normalized spacial score (nSPS) is 12.9. The third-order valence-electron chi connectivity index (χ3n) is 3.20. The third kappa shape index (κ3) is 3.48. The van der Waals surface area contributed by atoms with E-state index in [1.165, 1.54) is 18.2 Å². The molecule has 7 heteroatoms. The van der Waals surface area contributed by atoms with Gasteiger partial charge in [-0.05, 0) is 42.2 Å². The molecule has 1 heterocycles. The summed E-state index contributed by atoms with van der Waals surface area (Å²) in [4.78, 5) is 1.99. The Hall–Kier alpha value is -1.31. The second-order valence-corrected chi connectivity index (χ2v) is 5.87. The maximum atomic E-state index is 13.9. The lowest BCUT2D eigenvalue weighted by molar-refractivity contribution is 0.367. The van der Waals surface area contributed by atoms with E-state index in [9.17, 15) is 8.78 Å². The molecule has 4 nitrogen and oxygen atoms in total. The summed E-state index contributed by atoms with van der Waals surface area (Å²) in [7, 11) is 3.88. The van der Waals surface area contributed by atoms with Crippen molar-refractivity contribution >= 4 is 15.9 Å². The topological polar surface area (TPSA) is 47.1 Å². The number of nitrogens with two attached hydrogens (primary N) is 1. The lowest BCUT2D eigenvalue weighted by Gasteiger charge is -2.18. The summed E-state index contributed by atoms with van der Waals surface area (Å²) < 4.78 is 30.1. The molecule has 1 atom stereocenters. The van der Waals surface area contributed by atoms with Crippen LogP contribution in [0, 0.1) is 11.6 Å². The molecule has 0 aliphatic rings. The molecule has 2 N–H and O–H groups in total. The molecule has 1 unspecified atom stereocenters. The zero-order valence-corrected chi connectivity index (χ0v) is 13.4. The van der Waals surface area contributed by atoms with Gasteiger partial charge in [0.15, 0.2) is 0 Å². The molecule has 0 aliphatic carbocycles. The Morgan fingerprint density at radius 2 is 1.95 bits per heavy atom. The van der Waals surface area contributed by atoms with Gasteiger partial charge in [0.05, 0.1) is 29.0 Å². The van der Waals surface area contributed by atoms with Crippen molar-refractivity contribution in [3.63, 3.8) is 0 Å².